The van der Waals surface area contributed by atoms with Gasteiger partial charge in [0, 0.05) is 0 Å². The molecule has 2 unspecified atom stereocenters. The van der Waals surface area contributed by atoms with Gasteiger partial charge in [-0.2, -0.15) is 0 Å². The van der Waals surface area contributed by atoms with Crippen LogP contribution in [0.15, 0.2) is 0 Å². The number of rotatable bonds is 5. The fourth-order valence-corrected chi connectivity index (χ4v) is 3.06. The summed E-state index contributed by atoms with van der Waals surface area (Å²) in [5, 5.41) is 0. The molecular weight excluding hydrogens is 139 g/mol. The van der Waals surface area contributed by atoms with Crippen LogP contribution in [-0.4, -0.2) is 18.5 Å². The molecule has 2 atom stereocenters. The van der Waals surface area contributed by atoms with Crippen molar-refractivity contribution in [2.75, 3.05) is 12.8 Å². The van der Waals surface area contributed by atoms with E-state index in [4.69, 9.17) is 0 Å². The predicted octanol–water partition coefficient (Wildman–Crippen LogP) is 3.70. The Hall–Kier alpha value is 0.430. The second-order valence-electron chi connectivity index (χ2n) is 3.12. The van der Waals surface area contributed by atoms with Gasteiger partial charge in [-0.15, -0.1) is 7.92 Å². The quantitative estimate of drug-likeness (QED) is 0.538. The van der Waals surface area contributed by atoms with Crippen LogP contribution >= 0.6 is 7.92 Å². The molecule has 0 heterocycles. The summed E-state index contributed by atoms with van der Waals surface area (Å²) in [5.41, 5.74) is 1.000. The lowest BCUT2D eigenvalue weighted by molar-refractivity contribution is 0.776. The Balaban J connectivity index is 3.38. The van der Waals surface area contributed by atoms with E-state index in [1.165, 1.54) is 25.4 Å². The van der Waals surface area contributed by atoms with Crippen molar-refractivity contribution in [3.05, 3.63) is 0 Å². The minimum atomic E-state index is 0.352. The third-order valence-electron chi connectivity index (χ3n) is 2.04. The van der Waals surface area contributed by atoms with Crippen molar-refractivity contribution >= 4 is 7.92 Å². The van der Waals surface area contributed by atoms with E-state index in [1.807, 2.05) is 0 Å². The molecular formula is C9H21P. The molecule has 0 N–H and O–H groups in total. The van der Waals surface area contributed by atoms with Gasteiger partial charge in [0.15, 0.2) is 0 Å². The molecule has 0 rings (SSSR count). The number of hydrogen-bond acceptors (Lipinski definition) is 0. The molecule has 62 valence electrons. The van der Waals surface area contributed by atoms with Gasteiger partial charge in [0.2, 0.25) is 0 Å². The maximum Gasteiger partial charge on any atom is -0.0240 e. The molecule has 0 aromatic carbocycles. The van der Waals surface area contributed by atoms with Crippen LogP contribution in [0.4, 0.5) is 0 Å². The van der Waals surface area contributed by atoms with Gasteiger partial charge >= 0.3 is 0 Å². The highest BCUT2D eigenvalue weighted by Gasteiger charge is 2.08. The normalized spacial score (nSPS) is 16.8. The van der Waals surface area contributed by atoms with Gasteiger partial charge in [-0.3, -0.25) is 0 Å². The van der Waals surface area contributed by atoms with Crippen LogP contribution in [0.2, 0.25) is 0 Å². The minimum absolute atomic E-state index is 0.352. The predicted molar refractivity (Wildman–Crippen MR) is 52.4 cm³/mol. The van der Waals surface area contributed by atoms with Crippen LogP contribution in [-0.2, 0) is 0 Å². The highest BCUT2D eigenvalue weighted by atomic mass is 31.1. The van der Waals surface area contributed by atoms with E-state index in [9.17, 15) is 0 Å². The molecule has 10 heavy (non-hydrogen) atoms. The SMILES string of the molecule is CCCC(C)P(C)CCC. The van der Waals surface area contributed by atoms with E-state index in [0.29, 0.717) is 7.92 Å². The highest BCUT2D eigenvalue weighted by molar-refractivity contribution is 7.57. The summed E-state index contributed by atoms with van der Waals surface area (Å²) in [6.07, 6.45) is 5.63. The van der Waals surface area contributed by atoms with Crippen LogP contribution in [0.1, 0.15) is 40.0 Å². The molecule has 0 aliphatic rings. The van der Waals surface area contributed by atoms with E-state index < -0.39 is 0 Å². The van der Waals surface area contributed by atoms with Crippen LogP contribution < -0.4 is 0 Å². The summed E-state index contributed by atoms with van der Waals surface area (Å²) < 4.78 is 0. The zero-order valence-electron chi connectivity index (χ0n) is 7.85. The van der Waals surface area contributed by atoms with Gasteiger partial charge in [-0.1, -0.05) is 33.6 Å². The van der Waals surface area contributed by atoms with Crippen molar-refractivity contribution in [3.63, 3.8) is 0 Å². The zero-order chi connectivity index (χ0) is 7.98. The standard InChI is InChI=1S/C9H21P/c1-5-7-9(3)10(4)8-6-2/h9H,5-8H2,1-4H3. The third-order valence-corrected chi connectivity index (χ3v) is 4.95. The summed E-state index contributed by atoms with van der Waals surface area (Å²) in [7, 11) is 0.352. The van der Waals surface area contributed by atoms with Crippen molar-refractivity contribution in [1.82, 2.24) is 0 Å². The zero-order valence-corrected chi connectivity index (χ0v) is 8.75. The molecule has 0 aliphatic heterocycles. The third kappa shape index (κ3) is 4.28. The van der Waals surface area contributed by atoms with Gasteiger partial charge in [-0.05, 0) is 24.9 Å². The lowest BCUT2D eigenvalue weighted by atomic mass is 10.3. The first kappa shape index (κ1) is 10.4. The van der Waals surface area contributed by atoms with Gasteiger partial charge in [0.25, 0.3) is 0 Å². The Kier molecular flexibility index (Phi) is 6.43. The van der Waals surface area contributed by atoms with Crippen LogP contribution in [0, 0.1) is 0 Å². The molecule has 0 saturated carbocycles. The van der Waals surface area contributed by atoms with Gasteiger partial charge < -0.3 is 0 Å². The molecule has 0 nitrogen and oxygen atoms in total. The fourth-order valence-electron chi connectivity index (χ4n) is 1.21. The fraction of sp³-hybridized carbons (Fsp3) is 1.00. The molecule has 0 spiro atoms. The molecule has 0 aromatic rings. The largest absolute Gasteiger partial charge is 0.107 e. The molecule has 0 bridgehead atoms. The van der Waals surface area contributed by atoms with Crippen molar-refractivity contribution in [2.24, 2.45) is 0 Å². The average molecular weight is 160 g/mol. The molecule has 0 fully saturated rings. The second kappa shape index (κ2) is 6.16. The van der Waals surface area contributed by atoms with Crippen molar-refractivity contribution in [2.45, 2.75) is 45.7 Å². The van der Waals surface area contributed by atoms with Crippen LogP contribution in [0.5, 0.6) is 0 Å². The topological polar surface area (TPSA) is 0 Å². The van der Waals surface area contributed by atoms with Crippen molar-refractivity contribution < 1.29 is 0 Å². The Morgan fingerprint density at radius 2 is 1.80 bits per heavy atom. The van der Waals surface area contributed by atoms with E-state index in [1.54, 1.807) is 0 Å². The van der Waals surface area contributed by atoms with Crippen molar-refractivity contribution in [1.29, 1.82) is 0 Å². The number of hydrogen-bond donors (Lipinski definition) is 0. The first-order valence-corrected chi connectivity index (χ1v) is 6.46. The lowest BCUT2D eigenvalue weighted by Gasteiger charge is -2.18. The van der Waals surface area contributed by atoms with Crippen LogP contribution in [0.3, 0.4) is 0 Å². The Morgan fingerprint density at radius 3 is 2.20 bits per heavy atom. The molecule has 0 aromatic heterocycles. The summed E-state index contributed by atoms with van der Waals surface area (Å²) in [6.45, 7) is 9.42. The second-order valence-corrected chi connectivity index (χ2v) is 5.96. The summed E-state index contributed by atoms with van der Waals surface area (Å²) in [4.78, 5) is 0. The Labute approximate surface area is 67.2 Å². The Bertz CT molecular complexity index is 61.1. The van der Waals surface area contributed by atoms with Gasteiger partial charge in [0.1, 0.15) is 0 Å². The van der Waals surface area contributed by atoms with E-state index >= 15 is 0 Å². The molecule has 1 heteroatoms. The summed E-state index contributed by atoms with van der Waals surface area (Å²) in [5.74, 6) is 0. The summed E-state index contributed by atoms with van der Waals surface area (Å²) >= 11 is 0. The highest BCUT2D eigenvalue weighted by Crippen LogP contribution is 2.39. The van der Waals surface area contributed by atoms with E-state index in [0.717, 1.165) is 5.66 Å². The monoisotopic (exact) mass is 160 g/mol. The first-order chi connectivity index (χ1) is 4.72. The molecule has 0 radical (unpaired) electrons. The average Bonchev–Trinajstić information content (AvgIpc) is 1.89. The van der Waals surface area contributed by atoms with E-state index in [-0.39, 0.29) is 0 Å². The molecule has 0 aliphatic carbocycles. The lowest BCUT2D eigenvalue weighted by Crippen LogP contribution is -2.00. The maximum atomic E-state index is 2.44. The first-order valence-electron chi connectivity index (χ1n) is 4.42. The minimum Gasteiger partial charge on any atom is -0.107 e. The smallest absolute Gasteiger partial charge is 0.0240 e. The van der Waals surface area contributed by atoms with Gasteiger partial charge in [-0.25, -0.2) is 0 Å². The Morgan fingerprint density at radius 1 is 1.20 bits per heavy atom. The van der Waals surface area contributed by atoms with Crippen molar-refractivity contribution in [3.8, 4) is 0 Å². The maximum absolute atomic E-state index is 2.44. The van der Waals surface area contributed by atoms with E-state index in [2.05, 4.69) is 27.4 Å². The molecule has 0 amide bonds. The molecule has 0 saturated heterocycles. The van der Waals surface area contributed by atoms with Gasteiger partial charge in [0.05, 0.1) is 0 Å². The van der Waals surface area contributed by atoms with Crippen LogP contribution in [0.25, 0.3) is 0 Å². The summed E-state index contributed by atoms with van der Waals surface area (Å²) in [6, 6.07) is 0.